The standard InChI is InChI=1S/C19H19N5O2S2/c20-17(26)16-12-7-4-8-14(12)28-18(16)23-15(25)10-27-19-22-13(9-24(19)21)11-5-2-1-3-6-11/h1-3,5-6,9H,4,7-8,10,21H2,(H2,20,26)(H,23,25). The fourth-order valence-corrected chi connectivity index (χ4v) is 5.29. The number of anilines is 1. The van der Waals surface area contributed by atoms with Crippen LogP contribution >= 0.6 is 23.1 Å². The lowest BCUT2D eigenvalue weighted by Gasteiger charge is -2.06. The van der Waals surface area contributed by atoms with Gasteiger partial charge in [0.2, 0.25) is 5.91 Å². The van der Waals surface area contributed by atoms with Gasteiger partial charge in [0.15, 0.2) is 5.16 Å². The molecule has 1 aliphatic carbocycles. The Bertz CT molecular complexity index is 1040. The zero-order valence-electron chi connectivity index (χ0n) is 15.0. The highest BCUT2D eigenvalue weighted by Crippen LogP contribution is 2.38. The van der Waals surface area contributed by atoms with Gasteiger partial charge in [-0.3, -0.25) is 9.59 Å². The van der Waals surface area contributed by atoms with Crippen molar-refractivity contribution in [3.8, 4) is 11.3 Å². The molecule has 4 rings (SSSR count). The topological polar surface area (TPSA) is 116 Å². The van der Waals surface area contributed by atoms with Crippen molar-refractivity contribution >= 4 is 39.9 Å². The van der Waals surface area contributed by atoms with Gasteiger partial charge in [-0.05, 0) is 24.8 Å². The number of benzene rings is 1. The summed E-state index contributed by atoms with van der Waals surface area (Å²) >= 11 is 2.68. The molecular weight excluding hydrogens is 394 g/mol. The van der Waals surface area contributed by atoms with E-state index in [1.54, 1.807) is 6.20 Å². The number of thioether (sulfide) groups is 1. The number of carbonyl (C=O) groups excluding carboxylic acids is 2. The number of nitrogens with one attached hydrogen (secondary N) is 1. The molecule has 0 atom stereocenters. The lowest BCUT2D eigenvalue weighted by molar-refractivity contribution is -0.113. The first-order valence-corrected chi connectivity index (χ1v) is 10.6. The third kappa shape index (κ3) is 3.63. The number of nitrogen functional groups attached to an aromatic ring is 1. The van der Waals surface area contributed by atoms with Crippen LogP contribution in [0.5, 0.6) is 0 Å². The molecule has 0 fully saturated rings. The minimum absolute atomic E-state index is 0.128. The maximum atomic E-state index is 12.4. The number of aromatic nitrogens is 2. The van der Waals surface area contributed by atoms with E-state index in [2.05, 4.69) is 10.3 Å². The van der Waals surface area contributed by atoms with Gasteiger partial charge in [-0.1, -0.05) is 42.1 Å². The van der Waals surface area contributed by atoms with Gasteiger partial charge in [-0.2, -0.15) is 0 Å². The van der Waals surface area contributed by atoms with Gasteiger partial charge in [-0.15, -0.1) is 11.3 Å². The molecule has 1 aliphatic rings. The molecule has 144 valence electrons. The number of imidazole rings is 1. The van der Waals surface area contributed by atoms with Crippen LogP contribution in [0.2, 0.25) is 0 Å². The average molecular weight is 414 g/mol. The van der Waals surface area contributed by atoms with Gasteiger partial charge >= 0.3 is 0 Å². The molecular formula is C19H19N5O2S2. The van der Waals surface area contributed by atoms with Gasteiger partial charge < -0.3 is 16.9 Å². The van der Waals surface area contributed by atoms with Gasteiger partial charge in [0.1, 0.15) is 5.00 Å². The molecule has 1 aromatic carbocycles. The first kappa shape index (κ1) is 18.6. The van der Waals surface area contributed by atoms with Crippen molar-refractivity contribution in [2.45, 2.75) is 24.4 Å². The highest BCUT2D eigenvalue weighted by Gasteiger charge is 2.26. The number of nitrogens with zero attached hydrogens (tertiary/aromatic N) is 2. The van der Waals surface area contributed by atoms with E-state index < -0.39 is 5.91 Å². The SMILES string of the molecule is NC(=O)c1c(NC(=O)CSc2nc(-c3ccccc3)cn2N)sc2c1CCC2. The van der Waals surface area contributed by atoms with Crippen LogP contribution in [-0.2, 0) is 17.6 Å². The minimum atomic E-state index is -0.493. The molecule has 3 aromatic rings. The van der Waals surface area contributed by atoms with Crippen molar-refractivity contribution in [2.75, 3.05) is 16.9 Å². The summed E-state index contributed by atoms with van der Waals surface area (Å²) in [5.41, 5.74) is 8.69. The molecule has 0 aliphatic heterocycles. The molecule has 0 bridgehead atoms. The van der Waals surface area contributed by atoms with Crippen molar-refractivity contribution in [1.29, 1.82) is 0 Å². The molecule has 5 N–H and O–H groups in total. The Balaban J connectivity index is 1.43. The number of nitrogens with two attached hydrogens (primary N) is 2. The van der Waals surface area contributed by atoms with Crippen LogP contribution in [0, 0.1) is 0 Å². The number of thiophene rings is 1. The largest absolute Gasteiger partial charge is 0.365 e. The molecule has 0 saturated carbocycles. The summed E-state index contributed by atoms with van der Waals surface area (Å²) in [5.74, 6) is 5.38. The molecule has 0 radical (unpaired) electrons. The Kier molecular flexibility index (Phi) is 5.10. The fourth-order valence-electron chi connectivity index (χ4n) is 3.28. The highest BCUT2D eigenvalue weighted by molar-refractivity contribution is 7.99. The van der Waals surface area contributed by atoms with Crippen LogP contribution in [0.3, 0.4) is 0 Å². The third-order valence-electron chi connectivity index (χ3n) is 4.52. The van der Waals surface area contributed by atoms with E-state index in [9.17, 15) is 9.59 Å². The quantitative estimate of drug-likeness (QED) is 0.424. The molecule has 28 heavy (non-hydrogen) atoms. The molecule has 2 heterocycles. The van der Waals surface area contributed by atoms with Gasteiger partial charge in [0.05, 0.1) is 23.2 Å². The summed E-state index contributed by atoms with van der Waals surface area (Å²) in [5, 5.41) is 3.91. The van der Waals surface area contributed by atoms with Crippen molar-refractivity contribution in [2.24, 2.45) is 5.73 Å². The zero-order chi connectivity index (χ0) is 19.7. The molecule has 9 heteroatoms. The van der Waals surface area contributed by atoms with E-state index in [1.165, 1.54) is 27.8 Å². The second-order valence-corrected chi connectivity index (χ2v) is 8.49. The van der Waals surface area contributed by atoms with Crippen molar-refractivity contribution in [1.82, 2.24) is 9.66 Å². The summed E-state index contributed by atoms with van der Waals surface area (Å²) in [6.45, 7) is 0. The molecule has 7 nitrogen and oxygen atoms in total. The Morgan fingerprint density at radius 2 is 2.04 bits per heavy atom. The predicted molar refractivity (Wildman–Crippen MR) is 112 cm³/mol. The van der Waals surface area contributed by atoms with E-state index in [0.717, 1.165) is 41.0 Å². The zero-order valence-corrected chi connectivity index (χ0v) is 16.6. The first-order chi connectivity index (χ1) is 13.5. The number of aryl methyl sites for hydroxylation is 1. The average Bonchev–Trinajstić information content (AvgIpc) is 3.35. The Hall–Kier alpha value is -2.78. The number of fused-ring (bicyclic) bond motifs is 1. The number of rotatable bonds is 6. The van der Waals surface area contributed by atoms with Crippen molar-refractivity contribution in [3.63, 3.8) is 0 Å². The lowest BCUT2D eigenvalue weighted by Crippen LogP contribution is -2.19. The van der Waals surface area contributed by atoms with Gasteiger partial charge in [0, 0.05) is 10.4 Å². The third-order valence-corrected chi connectivity index (χ3v) is 6.69. The summed E-state index contributed by atoms with van der Waals surface area (Å²) in [6.07, 6.45) is 4.51. The first-order valence-electron chi connectivity index (χ1n) is 8.80. The van der Waals surface area contributed by atoms with Crippen LogP contribution in [0.4, 0.5) is 5.00 Å². The normalized spacial score (nSPS) is 12.7. The number of hydrogen-bond donors (Lipinski definition) is 3. The van der Waals surface area contributed by atoms with Crippen LogP contribution in [0.25, 0.3) is 11.3 Å². The van der Waals surface area contributed by atoms with E-state index in [0.29, 0.717) is 15.7 Å². The van der Waals surface area contributed by atoms with Crippen LogP contribution < -0.4 is 16.9 Å². The number of hydrogen-bond acceptors (Lipinski definition) is 6. The molecule has 0 saturated heterocycles. The van der Waals surface area contributed by atoms with Crippen LogP contribution in [-0.4, -0.2) is 27.2 Å². The maximum absolute atomic E-state index is 12.4. The molecule has 0 unspecified atom stereocenters. The van der Waals surface area contributed by atoms with Crippen LogP contribution in [0.1, 0.15) is 27.2 Å². The Morgan fingerprint density at radius 3 is 2.79 bits per heavy atom. The number of amides is 2. The summed E-state index contributed by atoms with van der Waals surface area (Å²) in [4.78, 5) is 29.9. The maximum Gasteiger partial charge on any atom is 0.251 e. The summed E-state index contributed by atoms with van der Waals surface area (Å²) < 4.78 is 1.41. The Morgan fingerprint density at radius 1 is 1.25 bits per heavy atom. The van der Waals surface area contributed by atoms with Gasteiger partial charge in [-0.25, -0.2) is 9.66 Å². The van der Waals surface area contributed by atoms with Crippen molar-refractivity contribution in [3.05, 3.63) is 52.5 Å². The van der Waals surface area contributed by atoms with E-state index in [1.807, 2.05) is 30.3 Å². The number of carbonyl (C=O) groups is 2. The van der Waals surface area contributed by atoms with E-state index in [4.69, 9.17) is 11.6 Å². The highest BCUT2D eigenvalue weighted by atomic mass is 32.2. The lowest BCUT2D eigenvalue weighted by atomic mass is 10.1. The van der Waals surface area contributed by atoms with E-state index >= 15 is 0 Å². The predicted octanol–water partition coefficient (Wildman–Crippen LogP) is 2.64. The Labute approximate surface area is 170 Å². The second-order valence-electron chi connectivity index (χ2n) is 6.44. The molecule has 2 aromatic heterocycles. The monoisotopic (exact) mass is 413 g/mol. The number of primary amides is 1. The second kappa shape index (κ2) is 7.69. The summed E-state index contributed by atoms with van der Waals surface area (Å²) in [6, 6.07) is 9.69. The molecule has 2 amide bonds. The molecule has 0 spiro atoms. The van der Waals surface area contributed by atoms with Crippen molar-refractivity contribution < 1.29 is 9.59 Å². The minimum Gasteiger partial charge on any atom is -0.365 e. The van der Waals surface area contributed by atoms with E-state index in [-0.39, 0.29) is 11.7 Å². The fraction of sp³-hybridized carbons (Fsp3) is 0.211. The van der Waals surface area contributed by atoms with Gasteiger partial charge in [0.25, 0.3) is 5.91 Å². The van der Waals surface area contributed by atoms with Crippen LogP contribution in [0.15, 0.2) is 41.7 Å². The smallest absolute Gasteiger partial charge is 0.251 e. The summed E-state index contributed by atoms with van der Waals surface area (Å²) in [7, 11) is 0.